The van der Waals surface area contributed by atoms with Gasteiger partial charge < -0.3 is 5.32 Å². The van der Waals surface area contributed by atoms with Crippen molar-refractivity contribution in [3.05, 3.63) is 35.4 Å². The van der Waals surface area contributed by atoms with Crippen molar-refractivity contribution >= 4 is 5.78 Å². The monoisotopic (exact) mass is 259 g/mol. The number of ketones is 1. The predicted octanol–water partition coefficient (Wildman–Crippen LogP) is 3.13. The van der Waals surface area contributed by atoms with Crippen LogP contribution < -0.4 is 5.32 Å². The first-order chi connectivity index (χ1) is 8.36. The number of hydrogen-bond donors (Lipinski definition) is 1. The first-order valence-electron chi connectivity index (χ1n) is 5.78. The molecule has 1 aromatic rings. The molecule has 0 aliphatic heterocycles. The van der Waals surface area contributed by atoms with Gasteiger partial charge in [0.05, 0.1) is 5.56 Å². The van der Waals surface area contributed by atoms with Crippen molar-refractivity contribution in [2.24, 2.45) is 5.92 Å². The van der Waals surface area contributed by atoms with Gasteiger partial charge in [0.15, 0.2) is 5.78 Å². The number of carbonyl (C=O) groups is 1. The zero-order valence-electron chi connectivity index (χ0n) is 10.3. The maximum absolute atomic E-state index is 12.4. The second kappa shape index (κ2) is 6.00. The lowest BCUT2D eigenvalue weighted by Crippen LogP contribution is -2.26. The molecule has 0 saturated carbocycles. The molecule has 18 heavy (non-hydrogen) atoms. The lowest BCUT2D eigenvalue weighted by Gasteiger charge is -2.12. The van der Waals surface area contributed by atoms with E-state index in [0.717, 1.165) is 18.7 Å². The van der Waals surface area contributed by atoms with Crippen LogP contribution in [0.3, 0.4) is 0 Å². The standard InChI is InChI=1S/C13H16F3NO/c1-3-17-8-9(2)12(18)10-4-6-11(7-5-10)13(14,15)16/h4-7,9,17H,3,8H2,1-2H3. The number of hydrogen-bond acceptors (Lipinski definition) is 2. The smallest absolute Gasteiger partial charge is 0.316 e. The SMILES string of the molecule is CCNCC(C)C(=O)c1ccc(C(F)(F)F)cc1. The fourth-order valence-electron chi connectivity index (χ4n) is 1.56. The van der Waals surface area contributed by atoms with Crippen molar-refractivity contribution in [3.63, 3.8) is 0 Å². The van der Waals surface area contributed by atoms with Crippen molar-refractivity contribution < 1.29 is 18.0 Å². The van der Waals surface area contributed by atoms with Gasteiger partial charge in [0.1, 0.15) is 0 Å². The molecule has 1 N–H and O–H groups in total. The fourth-order valence-corrected chi connectivity index (χ4v) is 1.56. The Hall–Kier alpha value is -1.36. The van der Waals surface area contributed by atoms with Crippen LogP contribution in [0, 0.1) is 5.92 Å². The Balaban J connectivity index is 2.76. The Labute approximate surface area is 104 Å². The minimum absolute atomic E-state index is 0.148. The third-order valence-corrected chi connectivity index (χ3v) is 2.64. The molecule has 0 aliphatic carbocycles. The first-order valence-corrected chi connectivity index (χ1v) is 5.78. The van der Waals surface area contributed by atoms with E-state index in [9.17, 15) is 18.0 Å². The van der Waals surface area contributed by atoms with Gasteiger partial charge in [0.2, 0.25) is 0 Å². The number of carbonyl (C=O) groups excluding carboxylic acids is 1. The van der Waals surface area contributed by atoms with Crippen molar-refractivity contribution in [1.29, 1.82) is 0 Å². The Morgan fingerprint density at radius 1 is 1.28 bits per heavy atom. The summed E-state index contributed by atoms with van der Waals surface area (Å²) in [6.45, 7) is 4.96. The number of alkyl halides is 3. The van der Waals surface area contributed by atoms with Crippen molar-refractivity contribution in [2.45, 2.75) is 20.0 Å². The van der Waals surface area contributed by atoms with E-state index in [0.29, 0.717) is 12.1 Å². The fraction of sp³-hybridized carbons (Fsp3) is 0.462. The summed E-state index contributed by atoms with van der Waals surface area (Å²) in [6, 6.07) is 4.33. The van der Waals surface area contributed by atoms with Crippen LogP contribution in [0.15, 0.2) is 24.3 Å². The topological polar surface area (TPSA) is 29.1 Å². The zero-order chi connectivity index (χ0) is 13.8. The molecule has 0 saturated heterocycles. The molecule has 100 valence electrons. The van der Waals surface area contributed by atoms with Crippen LogP contribution in [0.2, 0.25) is 0 Å². The van der Waals surface area contributed by atoms with Gasteiger partial charge in [0.25, 0.3) is 0 Å². The van der Waals surface area contributed by atoms with E-state index in [1.807, 2.05) is 6.92 Å². The minimum Gasteiger partial charge on any atom is -0.316 e. The van der Waals surface area contributed by atoms with Crippen LogP contribution in [0.5, 0.6) is 0 Å². The third kappa shape index (κ3) is 3.84. The van der Waals surface area contributed by atoms with Crippen LogP contribution in [-0.2, 0) is 6.18 Å². The lowest BCUT2D eigenvalue weighted by atomic mass is 9.98. The molecule has 1 atom stereocenters. The largest absolute Gasteiger partial charge is 0.416 e. The van der Waals surface area contributed by atoms with E-state index >= 15 is 0 Å². The summed E-state index contributed by atoms with van der Waals surface area (Å²) < 4.78 is 37.1. The number of Topliss-reactive ketones (excluding diaryl/α,β-unsaturated/α-hetero) is 1. The highest BCUT2D eigenvalue weighted by Crippen LogP contribution is 2.29. The van der Waals surface area contributed by atoms with Gasteiger partial charge in [-0.25, -0.2) is 0 Å². The Kier molecular flexibility index (Phi) is 4.90. The predicted molar refractivity (Wildman–Crippen MR) is 63.5 cm³/mol. The summed E-state index contributed by atoms with van der Waals surface area (Å²) in [5.74, 6) is -0.397. The molecule has 0 radical (unpaired) electrons. The summed E-state index contributed by atoms with van der Waals surface area (Å²) in [6.07, 6.45) is -4.36. The molecule has 1 rings (SSSR count). The number of nitrogens with one attached hydrogen (secondary N) is 1. The zero-order valence-corrected chi connectivity index (χ0v) is 10.3. The van der Waals surface area contributed by atoms with Crippen molar-refractivity contribution in [2.75, 3.05) is 13.1 Å². The number of benzene rings is 1. The van der Waals surface area contributed by atoms with Gasteiger partial charge in [-0.05, 0) is 18.7 Å². The van der Waals surface area contributed by atoms with E-state index in [1.165, 1.54) is 12.1 Å². The molecule has 5 heteroatoms. The molecule has 0 bridgehead atoms. The highest BCUT2D eigenvalue weighted by molar-refractivity contribution is 5.97. The molecule has 0 spiro atoms. The van der Waals surface area contributed by atoms with Gasteiger partial charge >= 0.3 is 6.18 Å². The van der Waals surface area contributed by atoms with E-state index in [-0.39, 0.29) is 11.7 Å². The van der Waals surface area contributed by atoms with Gasteiger partial charge in [-0.3, -0.25) is 4.79 Å². The van der Waals surface area contributed by atoms with Crippen LogP contribution >= 0.6 is 0 Å². The second-order valence-electron chi connectivity index (χ2n) is 4.15. The van der Waals surface area contributed by atoms with Gasteiger partial charge in [0, 0.05) is 18.0 Å². The van der Waals surface area contributed by atoms with Crippen LogP contribution in [0.1, 0.15) is 29.8 Å². The average Bonchev–Trinajstić information content (AvgIpc) is 2.34. The van der Waals surface area contributed by atoms with Crippen molar-refractivity contribution in [3.8, 4) is 0 Å². The number of rotatable bonds is 5. The van der Waals surface area contributed by atoms with Crippen LogP contribution in [-0.4, -0.2) is 18.9 Å². The Morgan fingerprint density at radius 3 is 2.28 bits per heavy atom. The molecule has 1 unspecified atom stereocenters. The molecule has 0 amide bonds. The molecule has 0 heterocycles. The highest BCUT2D eigenvalue weighted by Gasteiger charge is 2.30. The molecular formula is C13H16F3NO. The molecule has 0 aliphatic rings. The molecule has 2 nitrogen and oxygen atoms in total. The van der Waals surface area contributed by atoms with Gasteiger partial charge in [-0.2, -0.15) is 13.2 Å². The Morgan fingerprint density at radius 2 is 1.83 bits per heavy atom. The molecule has 1 aromatic carbocycles. The van der Waals surface area contributed by atoms with Crippen molar-refractivity contribution in [1.82, 2.24) is 5.32 Å². The summed E-state index contributed by atoms with van der Waals surface area (Å²) >= 11 is 0. The maximum Gasteiger partial charge on any atom is 0.416 e. The molecular weight excluding hydrogens is 243 g/mol. The number of halogens is 3. The first kappa shape index (κ1) is 14.7. The summed E-state index contributed by atoms with van der Waals surface area (Å²) in [5.41, 5.74) is -0.424. The van der Waals surface area contributed by atoms with Gasteiger partial charge in [-0.1, -0.05) is 26.0 Å². The van der Waals surface area contributed by atoms with Gasteiger partial charge in [-0.15, -0.1) is 0 Å². The third-order valence-electron chi connectivity index (χ3n) is 2.64. The van der Waals surface area contributed by atoms with Crippen LogP contribution in [0.4, 0.5) is 13.2 Å². The lowest BCUT2D eigenvalue weighted by molar-refractivity contribution is -0.137. The molecule has 0 aromatic heterocycles. The van der Waals surface area contributed by atoms with Crippen LogP contribution in [0.25, 0.3) is 0 Å². The average molecular weight is 259 g/mol. The maximum atomic E-state index is 12.4. The summed E-state index contributed by atoms with van der Waals surface area (Å²) in [7, 11) is 0. The quantitative estimate of drug-likeness (QED) is 0.823. The van der Waals surface area contributed by atoms with E-state index in [1.54, 1.807) is 6.92 Å². The second-order valence-corrected chi connectivity index (χ2v) is 4.15. The minimum atomic E-state index is -4.36. The Bertz CT molecular complexity index is 398. The molecule has 0 fully saturated rings. The summed E-state index contributed by atoms with van der Waals surface area (Å²) in [4.78, 5) is 11.9. The van der Waals surface area contributed by atoms with E-state index in [4.69, 9.17) is 0 Å². The highest BCUT2D eigenvalue weighted by atomic mass is 19.4. The normalized spacial score (nSPS) is 13.4. The summed E-state index contributed by atoms with van der Waals surface area (Å²) in [5, 5.41) is 3.03. The van der Waals surface area contributed by atoms with E-state index < -0.39 is 11.7 Å². The van der Waals surface area contributed by atoms with E-state index in [2.05, 4.69) is 5.32 Å².